The average Bonchev–Trinajstić information content (AvgIpc) is 3.41. The maximum Gasteiger partial charge on any atom is 0.270 e. The summed E-state index contributed by atoms with van der Waals surface area (Å²) in [4.78, 5) is 44.3. The first-order chi connectivity index (χ1) is 17.4. The van der Waals surface area contributed by atoms with E-state index >= 15 is 0 Å². The summed E-state index contributed by atoms with van der Waals surface area (Å²) in [6, 6.07) is 18.0. The number of hydrogen-bond donors (Lipinski definition) is 0. The second-order valence-corrected chi connectivity index (χ2v) is 10.2. The van der Waals surface area contributed by atoms with Gasteiger partial charge in [0.25, 0.3) is 11.6 Å². The van der Waals surface area contributed by atoms with Crippen molar-refractivity contribution in [1.29, 1.82) is 0 Å². The first kappa shape index (κ1) is 24.1. The Bertz CT molecular complexity index is 1270. The molecule has 186 valence electrons. The van der Waals surface area contributed by atoms with Gasteiger partial charge in [-0.1, -0.05) is 36.4 Å². The molecule has 9 heteroatoms. The van der Waals surface area contributed by atoms with E-state index in [0.717, 1.165) is 13.0 Å². The number of benzene rings is 2. The molecule has 1 saturated heterocycles. The van der Waals surface area contributed by atoms with E-state index in [1.807, 2.05) is 30.0 Å². The van der Waals surface area contributed by atoms with Crippen LogP contribution >= 0.6 is 11.3 Å². The van der Waals surface area contributed by atoms with Gasteiger partial charge in [0.15, 0.2) is 0 Å². The van der Waals surface area contributed by atoms with Crippen LogP contribution in [0.5, 0.6) is 0 Å². The molecule has 2 aliphatic heterocycles. The van der Waals surface area contributed by atoms with E-state index in [0.29, 0.717) is 31.7 Å². The van der Waals surface area contributed by atoms with E-state index < -0.39 is 4.92 Å². The molecule has 5 rings (SSSR count). The molecule has 2 aliphatic rings. The van der Waals surface area contributed by atoms with Crippen molar-refractivity contribution in [3.8, 4) is 0 Å². The van der Waals surface area contributed by atoms with Crippen LogP contribution in [0.4, 0.5) is 5.69 Å². The number of nitro groups is 1. The van der Waals surface area contributed by atoms with Crippen LogP contribution < -0.4 is 0 Å². The van der Waals surface area contributed by atoms with Crippen LogP contribution in [0.2, 0.25) is 0 Å². The molecule has 0 aliphatic carbocycles. The van der Waals surface area contributed by atoms with Crippen molar-refractivity contribution in [3.63, 3.8) is 0 Å². The highest BCUT2D eigenvalue weighted by Crippen LogP contribution is 2.39. The molecule has 8 nitrogen and oxygen atoms in total. The van der Waals surface area contributed by atoms with Crippen molar-refractivity contribution in [1.82, 2.24) is 14.7 Å². The molecule has 2 atom stereocenters. The standard InChI is InChI=1S/C27H28N4O4S/c1-19(30-12-10-24-23(11-17-36-24)25(30)20-6-3-2-4-7-20)26(32)28-13-15-29(16-14-28)27(33)21-8-5-9-22(18-21)31(34)35/h2-9,11,17-19,25H,10,12-16H2,1H3/t19-,25+/m1/s1. The lowest BCUT2D eigenvalue weighted by Crippen LogP contribution is -2.56. The Hall–Kier alpha value is -3.56. The van der Waals surface area contributed by atoms with Gasteiger partial charge in [0, 0.05) is 55.3 Å². The summed E-state index contributed by atoms with van der Waals surface area (Å²) in [6.45, 7) is 4.48. The molecule has 0 bridgehead atoms. The highest BCUT2D eigenvalue weighted by Gasteiger charge is 2.37. The molecular formula is C27H28N4O4S. The number of carbonyl (C=O) groups excluding carboxylic acids is 2. The summed E-state index contributed by atoms with van der Waals surface area (Å²) >= 11 is 1.78. The minimum atomic E-state index is -0.503. The van der Waals surface area contributed by atoms with Crippen LogP contribution in [0, 0.1) is 10.1 Å². The second kappa shape index (κ2) is 10.2. The maximum atomic E-state index is 13.6. The fourth-order valence-electron chi connectivity index (χ4n) is 5.23. The maximum absolute atomic E-state index is 13.6. The third-order valence-electron chi connectivity index (χ3n) is 7.16. The Labute approximate surface area is 213 Å². The second-order valence-electron chi connectivity index (χ2n) is 9.20. The largest absolute Gasteiger partial charge is 0.338 e. The molecular weight excluding hydrogens is 476 g/mol. The highest BCUT2D eigenvalue weighted by molar-refractivity contribution is 7.10. The summed E-state index contributed by atoms with van der Waals surface area (Å²) in [7, 11) is 0. The number of rotatable bonds is 5. The van der Waals surface area contributed by atoms with Gasteiger partial charge in [0.1, 0.15) is 0 Å². The van der Waals surface area contributed by atoms with Gasteiger partial charge in [-0.05, 0) is 42.0 Å². The van der Waals surface area contributed by atoms with Gasteiger partial charge >= 0.3 is 0 Å². The number of fused-ring (bicyclic) bond motifs is 1. The molecule has 0 radical (unpaired) electrons. The van der Waals surface area contributed by atoms with Crippen molar-refractivity contribution in [3.05, 3.63) is 97.7 Å². The van der Waals surface area contributed by atoms with Gasteiger partial charge in [-0.25, -0.2) is 0 Å². The molecule has 1 aromatic heterocycles. The summed E-state index contributed by atoms with van der Waals surface area (Å²) in [5.74, 6) is -0.180. The normalized spacial score (nSPS) is 19.0. The Balaban J connectivity index is 1.27. The van der Waals surface area contributed by atoms with Gasteiger partial charge in [-0.2, -0.15) is 0 Å². The molecule has 1 fully saturated rings. The lowest BCUT2D eigenvalue weighted by Gasteiger charge is -2.42. The number of carbonyl (C=O) groups is 2. The molecule has 0 unspecified atom stereocenters. The number of amides is 2. The van der Waals surface area contributed by atoms with Crippen molar-refractivity contribution < 1.29 is 14.5 Å². The molecule has 3 heterocycles. The number of nitrogens with zero attached hydrogens (tertiary/aromatic N) is 4. The third kappa shape index (κ3) is 4.64. The topological polar surface area (TPSA) is 87.0 Å². The van der Waals surface area contributed by atoms with E-state index in [1.165, 1.54) is 34.2 Å². The van der Waals surface area contributed by atoms with Gasteiger partial charge in [-0.3, -0.25) is 24.6 Å². The van der Waals surface area contributed by atoms with E-state index in [4.69, 9.17) is 0 Å². The number of hydrogen-bond acceptors (Lipinski definition) is 6. The lowest BCUT2D eigenvalue weighted by atomic mass is 9.92. The van der Waals surface area contributed by atoms with Crippen molar-refractivity contribution in [2.75, 3.05) is 32.7 Å². The molecule has 0 spiro atoms. The molecule has 2 aromatic carbocycles. The minimum absolute atomic E-state index is 0.0388. The van der Waals surface area contributed by atoms with Gasteiger partial charge in [0.2, 0.25) is 5.91 Å². The van der Waals surface area contributed by atoms with E-state index in [9.17, 15) is 19.7 Å². The van der Waals surface area contributed by atoms with Crippen molar-refractivity contribution in [2.45, 2.75) is 25.4 Å². The van der Waals surface area contributed by atoms with E-state index in [2.05, 4.69) is 28.5 Å². The summed E-state index contributed by atoms with van der Waals surface area (Å²) in [5.41, 5.74) is 2.66. The van der Waals surface area contributed by atoms with Crippen LogP contribution in [-0.4, -0.2) is 70.2 Å². The molecule has 2 amide bonds. The average molecular weight is 505 g/mol. The monoisotopic (exact) mass is 504 g/mol. The first-order valence-corrected chi connectivity index (χ1v) is 13.0. The number of thiophene rings is 1. The Morgan fingerprint density at radius 1 is 0.972 bits per heavy atom. The van der Waals surface area contributed by atoms with E-state index in [-0.39, 0.29) is 29.6 Å². The van der Waals surface area contributed by atoms with Crippen molar-refractivity contribution >= 4 is 28.8 Å². The van der Waals surface area contributed by atoms with Crippen LogP contribution in [0.1, 0.15) is 39.3 Å². The van der Waals surface area contributed by atoms with Gasteiger partial charge < -0.3 is 9.80 Å². The predicted molar refractivity (Wildman–Crippen MR) is 138 cm³/mol. The number of non-ortho nitro benzene ring substituents is 1. The lowest BCUT2D eigenvalue weighted by molar-refractivity contribution is -0.384. The summed E-state index contributed by atoms with van der Waals surface area (Å²) < 4.78 is 0. The quantitative estimate of drug-likeness (QED) is 0.388. The molecule has 0 saturated carbocycles. The predicted octanol–water partition coefficient (Wildman–Crippen LogP) is 3.98. The molecule has 0 N–H and O–H groups in total. The van der Waals surface area contributed by atoms with Crippen molar-refractivity contribution in [2.24, 2.45) is 0 Å². The van der Waals surface area contributed by atoms with Crippen LogP contribution in [-0.2, 0) is 11.2 Å². The fraction of sp³-hybridized carbons (Fsp3) is 0.333. The summed E-state index contributed by atoms with van der Waals surface area (Å²) in [5, 5.41) is 13.2. The zero-order valence-corrected chi connectivity index (χ0v) is 20.9. The summed E-state index contributed by atoms with van der Waals surface area (Å²) in [6.07, 6.45) is 0.930. The minimum Gasteiger partial charge on any atom is -0.338 e. The Morgan fingerprint density at radius 3 is 2.42 bits per heavy atom. The van der Waals surface area contributed by atoms with Crippen LogP contribution in [0.15, 0.2) is 66.0 Å². The Kier molecular flexibility index (Phi) is 6.84. The fourth-order valence-corrected chi connectivity index (χ4v) is 6.13. The van der Waals surface area contributed by atoms with Gasteiger partial charge in [0.05, 0.1) is 17.0 Å². The highest BCUT2D eigenvalue weighted by atomic mass is 32.1. The van der Waals surface area contributed by atoms with Crippen LogP contribution in [0.25, 0.3) is 0 Å². The SMILES string of the molecule is C[C@H](C(=O)N1CCN(C(=O)c2cccc([N+](=O)[O-])c2)CC1)N1CCc2sccc2[C@@H]1c1ccccc1. The zero-order chi connectivity index (χ0) is 25.2. The third-order valence-corrected chi connectivity index (χ3v) is 8.15. The van der Waals surface area contributed by atoms with Crippen LogP contribution in [0.3, 0.4) is 0 Å². The number of nitro benzene ring substituents is 1. The zero-order valence-electron chi connectivity index (χ0n) is 20.1. The number of piperazine rings is 1. The molecule has 36 heavy (non-hydrogen) atoms. The van der Waals surface area contributed by atoms with Gasteiger partial charge in [-0.15, -0.1) is 11.3 Å². The Morgan fingerprint density at radius 2 is 1.69 bits per heavy atom. The van der Waals surface area contributed by atoms with E-state index in [1.54, 1.807) is 22.3 Å². The molecule has 3 aromatic rings. The smallest absolute Gasteiger partial charge is 0.270 e. The first-order valence-electron chi connectivity index (χ1n) is 12.1.